The molecule has 32 heavy (non-hydrogen) atoms. The van der Waals surface area contributed by atoms with E-state index in [9.17, 15) is 18.0 Å². The highest BCUT2D eigenvalue weighted by molar-refractivity contribution is 7.20. The zero-order valence-corrected chi connectivity index (χ0v) is 18.0. The van der Waals surface area contributed by atoms with Gasteiger partial charge in [0.2, 0.25) is 10.1 Å². The van der Waals surface area contributed by atoms with Crippen molar-refractivity contribution in [2.75, 3.05) is 57.4 Å². The molecular formula is C18H22F3N9OS. The van der Waals surface area contributed by atoms with Gasteiger partial charge in [0.25, 0.3) is 0 Å². The van der Waals surface area contributed by atoms with E-state index < -0.39 is 17.6 Å². The second-order valence-electron chi connectivity index (χ2n) is 7.35. The van der Waals surface area contributed by atoms with Gasteiger partial charge < -0.3 is 26.2 Å². The van der Waals surface area contributed by atoms with Crippen LogP contribution in [0.1, 0.15) is 5.56 Å². The number of fused-ring (bicyclic) bond motifs is 1. The molecular weight excluding hydrogens is 447 g/mol. The number of amides is 2. The maximum Gasteiger partial charge on any atom is 0.419 e. The van der Waals surface area contributed by atoms with Crippen molar-refractivity contribution in [3.05, 3.63) is 24.0 Å². The van der Waals surface area contributed by atoms with Crippen LogP contribution in [0.2, 0.25) is 0 Å². The van der Waals surface area contributed by atoms with Crippen LogP contribution in [0.25, 0.3) is 16.2 Å². The number of hydrogen-bond donors (Lipinski definition) is 3. The van der Waals surface area contributed by atoms with Crippen LogP contribution in [0.15, 0.2) is 18.5 Å². The molecule has 10 nitrogen and oxygen atoms in total. The Hall–Kier alpha value is -3.13. The molecule has 3 aromatic rings. The first-order valence-corrected chi connectivity index (χ1v) is 10.7. The lowest BCUT2D eigenvalue weighted by Gasteiger charge is -2.32. The van der Waals surface area contributed by atoms with Crippen LogP contribution in [0.4, 0.5) is 28.9 Å². The van der Waals surface area contributed by atoms with Gasteiger partial charge in [-0.1, -0.05) is 11.3 Å². The number of urea groups is 1. The second-order valence-corrected chi connectivity index (χ2v) is 8.30. The molecule has 0 aliphatic carbocycles. The summed E-state index contributed by atoms with van der Waals surface area (Å²) in [6.45, 7) is 3.92. The highest BCUT2D eigenvalue weighted by Gasteiger charge is 2.34. The molecule has 4 rings (SSSR count). The number of imidazole rings is 1. The van der Waals surface area contributed by atoms with Crippen LogP contribution in [0, 0.1) is 0 Å². The van der Waals surface area contributed by atoms with Crippen LogP contribution in [-0.4, -0.2) is 81.7 Å². The first kappa shape index (κ1) is 22.1. The molecule has 0 spiro atoms. The summed E-state index contributed by atoms with van der Waals surface area (Å²) in [5.41, 5.74) is 4.94. The molecule has 3 aromatic heterocycles. The van der Waals surface area contributed by atoms with Crippen molar-refractivity contribution in [3.63, 3.8) is 0 Å². The number of anilines is 2. The third kappa shape index (κ3) is 4.70. The minimum atomic E-state index is -4.61. The number of hydrogen-bond acceptors (Lipinski definition) is 8. The van der Waals surface area contributed by atoms with E-state index in [2.05, 4.69) is 30.6 Å². The fourth-order valence-corrected chi connectivity index (χ4v) is 4.06. The predicted octanol–water partition coefficient (Wildman–Crippen LogP) is 1.82. The molecule has 1 fully saturated rings. The molecule has 1 saturated heterocycles. The number of likely N-dealkylation sites (N-methyl/N-ethyl adjacent to an activating group) is 1. The molecule has 4 heterocycles. The molecule has 0 atom stereocenters. The SMILES string of the molecule is CN1CCN(C(=O)NCCNc2nn3c(-c4cnc(N)c(C(F)(F)F)c4)cnc3s2)CC1. The second kappa shape index (κ2) is 8.78. The number of carbonyl (C=O) groups excluding carboxylic acids is 1. The quantitative estimate of drug-likeness (QED) is 0.488. The molecule has 0 saturated carbocycles. The summed E-state index contributed by atoms with van der Waals surface area (Å²) < 4.78 is 40.9. The largest absolute Gasteiger partial charge is 0.419 e. The van der Waals surface area contributed by atoms with E-state index in [-0.39, 0.29) is 11.6 Å². The summed E-state index contributed by atoms with van der Waals surface area (Å²) in [5.74, 6) is -0.582. The molecule has 1 aliphatic rings. The number of piperazine rings is 1. The number of pyridine rings is 1. The molecule has 14 heteroatoms. The van der Waals surface area contributed by atoms with E-state index >= 15 is 0 Å². The fourth-order valence-electron chi connectivity index (χ4n) is 3.26. The number of halogens is 3. The minimum absolute atomic E-state index is 0.104. The number of nitrogen functional groups attached to an aromatic ring is 1. The number of carbonyl (C=O) groups is 1. The van der Waals surface area contributed by atoms with Gasteiger partial charge in [0.1, 0.15) is 5.82 Å². The number of nitrogens with one attached hydrogen (secondary N) is 2. The highest BCUT2D eigenvalue weighted by Crippen LogP contribution is 2.35. The maximum absolute atomic E-state index is 13.2. The Balaban J connectivity index is 1.38. The summed E-state index contributed by atoms with van der Waals surface area (Å²) in [6, 6.07) is 0.832. The fraction of sp³-hybridized carbons (Fsp3) is 0.444. The smallest absolute Gasteiger partial charge is 0.383 e. The lowest BCUT2D eigenvalue weighted by molar-refractivity contribution is -0.137. The first-order valence-electron chi connectivity index (χ1n) is 9.85. The maximum atomic E-state index is 13.2. The Labute approximate surface area is 185 Å². The molecule has 172 valence electrons. The Morgan fingerprint density at radius 3 is 2.66 bits per heavy atom. The summed E-state index contributed by atoms with van der Waals surface area (Å²) in [6.07, 6.45) is -1.92. The summed E-state index contributed by atoms with van der Waals surface area (Å²) in [4.78, 5) is 24.5. The van der Waals surface area contributed by atoms with E-state index in [0.717, 1.165) is 19.2 Å². The van der Waals surface area contributed by atoms with Crippen LogP contribution in [-0.2, 0) is 6.18 Å². The summed E-state index contributed by atoms with van der Waals surface area (Å²) >= 11 is 1.25. The lowest BCUT2D eigenvalue weighted by atomic mass is 10.1. The molecule has 1 aliphatic heterocycles. The topological polar surface area (TPSA) is 117 Å². The van der Waals surface area contributed by atoms with Crippen molar-refractivity contribution in [2.24, 2.45) is 0 Å². The number of rotatable bonds is 5. The Morgan fingerprint density at radius 2 is 1.94 bits per heavy atom. The van der Waals surface area contributed by atoms with Crippen molar-refractivity contribution in [3.8, 4) is 11.3 Å². The van der Waals surface area contributed by atoms with Gasteiger partial charge in [0.15, 0.2) is 0 Å². The van der Waals surface area contributed by atoms with Gasteiger partial charge >= 0.3 is 12.2 Å². The summed E-state index contributed by atoms with van der Waals surface area (Å²) in [5, 5.41) is 10.9. The van der Waals surface area contributed by atoms with Gasteiger partial charge in [-0.3, -0.25) is 0 Å². The van der Waals surface area contributed by atoms with E-state index in [4.69, 9.17) is 5.73 Å². The van der Waals surface area contributed by atoms with Gasteiger partial charge in [0.05, 0.1) is 17.5 Å². The monoisotopic (exact) mass is 469 g/mol. The average molecular weight is 469 g/mol. The highest BCUT2D eigenvalue weighted by atomic mass is 32.1. The van der Waals surface area contributed by atoms with Gasteiger partial charge in [-0.2, -0.15) is 13.2 Å². The molecule has 0 radical (unpaired) electrons. The number of aromatic nitrogens is 4. The Morgan fingerprint density at radius 1 is 1.19 bits per heavy atom. The van der Waals surface area contributed by atoms with Crippen LogP contribution in [0.5, 0.6) is 0 Å². The molecule has 0 unspecified atom stereocenters. The van der Waals surface area contributed by atoms with Gasteiger partial charge in [-0.15, -0.1) is 5.10 Å². The minimum Gasteiger partial charge on any atom is -0.383 e. The predicted molar refractivity (Wildman–Crippen MR) is 114 cm³/mol. The van der Waals surface area contributed by atoms with E-state index in [0.29, 0.717) is 42.0 Å². The van der Waals surface area contributed by atoms with Crippen molar-refractivity contribution in [2.45, 2.75) is 6.18 Å². The van der Waals surface area contributed by atoms with Crippen molar-refractivity contribution < 1.29 is 18.0 Å². The molecule has 4 N–H and O–H groups in total. The van der Waals surface area contributed by atoms with Gasteiger partial charge in [-0.05, 0) is 13.1 Å². The molecule has 2 amide bonds. The third-order valence-corrected chi connectivity index (χ3v) is 5.95. The van der Waals surface area contributed by atoms with Crippen molar-refractivity contribution in [1.29, 1.82) is 0 Å². The normalized spacial score (nSPS) is 15.3. The van der Waals surface area contributed by atoms with Crippen LogP contribution < -0.4 is 16.4 Å². The summed E-state index contributed by atoms with van der Waals surface area (Å²) in [7, 11) is 2.02. The van der Waals surface area contributed by atoms with E-state index in [1.165, 1.54) is 28.2 Å². The number of nitrogens with two attached hydrogens (primary N) is 1. The van der Waals surface area contributed by atoms with E-state index in [1.807, 2.05) is 7.05 Å². The average Bonchev–Trinajstić information content (AvgIpc) is 3.31. The van der Waals surface area contributed by atoms with Gasteiger partial charge in [0, 0.05) is 51.0 Å². The zero-order chi connectivity index (χ0) is 22.9. The van der Waals surface area contributed by atoms with Crippen molar-refractivity contribution in [1.82, 2.24) is 34.7 Å². The zero-order valence-electron chi connectivity index (χ0n) is 17.2. The Bertz CT molecular complexity index is 1100. The molecule has 0 bridgehead atoms. The van der Waals surface area contributed by atoms with E-state index in [1.54, 1.807) is 4.90 Å². The van der Waals surface area contributed by atoms with Crippen LogP contribution in [0.3, 0.4) is 0 Å². The first-order chi connectivity index (χ1) is 15.2. The van der Waals surface area contributed by atoms with Crippen molar-refractivity contribution >= 4 is 33.3 Å². The third-order valence-electron chi connectivity index (χ3n) is 5.07. The van der Waals surface area contributed by atoms with Crippen LogP contribution >= 0.6 is 11.3 Å². The lowest BCUT2D eigenvalue weighted by Crippen LogP contribution is -2.51. The number of nitrogens with zero attached hydrogens (tertiary/aromatic N) is 6. The van der Waals surface area contributed by atoms with Gasteiger partial charge in [-0.25, -0.2) is 19.3 Å². The standard InChI is InChI=1S/C18H22F3N9OS/c1-28-4-6-29(7-5-28)16(31)24-3-2-23-15-27-30-13(10-26-17(30)32-15)11-8-12(18(19,20)21)14(22)25-9-11/h8-10H,2-7H2,1H3,(H2,22,25)(H,23,27)(H,24,31). The Kier molecular flexibility index (Phi) is 6.06. The molecule has 0 aromatic carbocycles. The number of alkyl halides is 3.